The second kappa shape index (κ2) is 5.47. The molecule has 5 nitrogen and oxygen atoms in total. The van der Waals surface area contributed by atoms with Gasteiger partial charge >= 0.3 is 0 Å². The van der Waals surface area contributed by atoms with Gasteiger partial charge in [0.25, 0.3) is 5.69 Å². The van der Waals surface area contributed by atoms with Gasteiger partial charge in [-0.1, -0.05) is 13.8 Å². The van der Waals surface area contributed by atoms with Crippen molar-refractivity contribution in [1.29, 1.82) is 0 Å². The Bertz CT molecular complexity index is 466. The molecule has 0 spiro atoms. The highest BCUT2D eigenvalue weighted by Gasteiger charge is 2.27. The zero-order valence-corrected chi connectivity index (χ0v) is 11.6. The van der Waals surface area contributed by atoms with E-state index in [9.17, 15) is 10.1 Å². The molecule has 1 aliphatic rings. The average molecular weight is 264 g/mol. The van der Waals surface area contributed by atoms with E-state index in [1.807, 2.05) is 0 Å². The Morgan fingerprint density at radius 3 is 2.47 bits per heavy atom. The van der Waals surface area contributed by atoms with Crippen molar-refractivity contribution in [3.8, 4) is 5.75 Å². The van der Waals surface area contributed by atoms with Gasteiger partial charge < -0.3 is 9.64 Å². The highest BCUT2D eigenvalue weighted by molar-refractivity contribution is 5.65. The number of hydrogen-bond donors (Lipinski definition) is 0. The fraction of sp³-hybridized carbons (Fsp3) is 0.571. The van der Waals surface area contributed by atoms with Crippen molar-refractivity contribution in [3.05, 3.63) is 28.3 Å². The highest BCUT2D eigenvalue weighted by atomic mass is 16.6. The van der Waals surface area contributed by atoms with Gasteiger partial charge in [-0.15, -0.1) is 0 Å². The molecule has 1 aromatic rings. The molecule has 0 aliphatic carbocycles. The van der Waals surface area contributed by atoms with Gasteiger partial charge in [0.15, 0.2) is 0 Å². The first kappa shape index (κ1) is 13.6. The molecule has 1 saturated heterocycles. The van der Waals surface area contributed by atoms with Crippen molar-refractivity contribution in [3.63, 3.8) is 0 Å². The fourth-order valence-electron chi connectivity index (χ4n) is 2.90. The zero-order chi connectivity index (χ0) is 14.0. The van der Waals surface area contributed by atoms with E-state index in [0.29, 0.717) is 23.3 Å². The van der Waals surface area contributed by atoms with Gasteiger partial charge in [-0.3, -0.25) is 10.1 Å². The number of hydrogen-bond acceptors (Lipinski definition) is 4. The van der Waals surface area contributed by atoms with Crippen LogP contribution in [0.5, 0.6) is 5.75 Å². The van der Waals surface area contributed by atoms with Crippen molar-refractivity contribution in [2.75, 3.05) is 25.1 Å². The summed E-state index contributed by atoms with van der Waals surface area (Å²) in [6.45, 7) is 6.13. The molecular weight excluding hydrogens is 244 g/mol. The van der Waals surface area contributed by atoms with Gasteiger partial charge in [0.05, 0.1) is 18.1 Å². The summed E-state index contributed by atoms with van der Waals surface area (Å²) in [5.41, 5.74) is 0.824. The van der Waals surface area contributed by atoms with E-state index in [-0.39, 0.29) is 10.6 Å². The standard InChI is InChI=1S/C14H20N2O3/c1-10-6-11(2)9-15(8-10)13-5-4-12(19-3)7-14(13)16(17)18/h4-5,7,10-11H,6,8-9H2,1-3H3/t10-,11+. The number of anilines is 1. The van der Waals surface area contributed by atoms with Gasteiger partial charge in [-0.2, -0.15) is 0 Å². The third kappa shape index (κ3) is 2.97. The summed E-state index contributed by atoms with van der Waals surface area (Å²) in [6.07, 6.45) is 1.18. The van der Waals surface area contributed by atoms with E-state index in [0.717, 1.165) is 13.1 Å². The largest absolute Gasteiger partial charge is 0.496 e. The monoisotopic (exact) mass is 264 g/mol. The molecule has 0 N–H and O–H groups in total. The SMILES string of the molecule is COc1ccc(N2C[C@H](C)C[C@H](C)C2)c([N+](=O)[O-])c1. The molecule has 104 valence electrons. The van der Waals surface area contributed by atoms with Gasteiger partial charge in [0.2, 0.25) is 0 Å². The molecule has 1 fully saturated rings. The van der Waals surface area contributed by atoms with Crippen LogP contribution in [0, 0.1) is 22.0 Å². The molecule has 0 saturated carbocycles. The Hall–Kier alpha value is -1.78. The van der Waals surface area contributed by atoms with Crippen molar-refractivity contribution in [2.45, 2.75) is 20.3 Å². The number of nitro groups is 1. The lowest BCUT2D eigenvalue weighted by molar-refractivity contribution is -0.384. The minimum Gasteiger partial charge on any atom is -0.496 e. The van der Waals surface area contributed by atoms with E-state index < -0.39 is 0 Å². The summed E-state index contributed by atoms with van der Waals surface area (Å²) in [5, 5.41) is 11.2. The van der Waals surface area contributed by atoms with Crippen LogP contribution in [0.1, 0.15) is 20.3 Å². The summed E-state index contributed by atoms with van der Waals surface area (Å²) in [5.74, 6) is 1.64. The van der Waals surface area contributed by atoms with Crippen LogP contribution >= 0.6 is 0 Å². The van der Waals surface area contributed by atoms with Crippen LogP contribution in [0.4, 0.5) is 11.4 Å². The third-order valence-corrected chi connectivity index (χ3v) is 3.59. The Morgan fingerprint density at radius 2 is 1.95 bits per heavy atom. The van der Waals surface area contributed by atoms with Gasteiger partial charge in [-0.25, -0.2) is 0 Å². The maximum absolute atomic E-state index is 11.2. The summed E-state index contributed by atoms with van der Waals surface area (Å²) < 4.78 is 5.07. The molecule has 19 heavy (non-hydrogen) atoms. The quantitative estimate of drug-likeness (QED) is 0.622. The van der Waals surface area contributed by atoms with Crippen molar-refractivity contribution in [1.82, 2.24) is 0 Å². The second-order valence-electron chi connectivity index (χ2n) is 5.46. The predicted octanol–water partition coefficient (Wildman–Crippen LogP) is 3.09. The summed E-state index contributed by atoms with van der Waals surface area (Å²) in [6, 6.07) is 5.08. The number of benzene rings is 1. The van der Waals surface area contributed by atoms with Gasteiger partial charge in [0, 0.05) is 13.1 Å². The molecule has 1 heterocycles. The number of nitrogens with zero attached hydrogens (tertiary/aromatic N) is 2. The molecular formula is C14H20N2O3. The molecule has 0 unspecified atom stereocenters. The van der Waals surface area contributed by atoms with E-state index >= 15 is 0 Å². The predicted molar refractivity (Wildman–Crippen MR) is 74.8 cm³/mol. The second-order valence-corrected chi connectivity index (χ2v) is 5.46. The van der Waals surface area contributed by atoms with Crippen molar-refractivity contribution in [2.24, 2.45) is 11.8 Å². The van der Waals surface area contributed by atoms with Crippen LogP contribution in [-0.4, -0.2) is 25.1 Å². The molecule has 0 radical (unpaired) electrons. The lowest BCUT2D eigenvalue weighted by Crippen LogP contribution is -2.39. The maximum Gasteiger partial charge on any atom is 0.296 e. The van der Waals surface area contributed by atoms with E-state index in [1.165, 1.54) is 19.6 Å². The number of piperidine rings is 1. The lowest BCUT2D eigenvalue weighted by Gasteiger charge is -2.36. The van der Waals surface area contributed by atoms with E-state index in [2.05, 4.69) is 18.7 Å². The normalized spacial score (nSPS) is 23.2. The van der Waals surface area contributed by atoms with E-state index in [4.69, 9.17) is 4.74 Å². The number of nitro benzene ring substituents is 1. The molecule has 2 rings (SSSR count). The average Bonchev–Trinajstić information content (AvgIpc) is 2.36. The van der Waals surface area contributed by atoms with Crippen LogP contribution in [0.2, 0.25) is 0 Å². The third-order valence-electron chi connectivity index (χ3n) is 3.59. The number of ether oxygens (including phenoxy) is 1. The van der Waals surface area contributed by atoms with Crippen molar-refractivity contribution < 1.29 is 9.66 Å². The minimum atomic E-state index is -0.332. The summed E-state index contributed by atoms with van der Waals surface area (Å²) in [4.78, 5) is 13.0. The first-order chi connectivity index (χ1) is 9.01. The zero-order valence-electron chi connectivity index (χ0n) is 11.6. The highest BCUT2D eigenvalue weighted by Crippen LogP contribution is 2.35. The Labute approximate surface area is 113 Å². The molecule has 0 bridgehead atoms. The summed E-state index contributed by atoms with van der Waals surface area (Å²) in [7, 11) is 1.52. The Balaban J connectivity index is 2.35. The minimum absolute atomic E-state index is 0.126. The molecule has 5 heteroatoms. The molecule has 0 amide bonds. The number of rotatable bonds is 3. The van der Waals surface area contributed by atoms with Crippen molar-refractivity contribution >= 4 is 11.4 Å². The van der Waals surface area contributed by atoms with Crippen LogP contribution in [0.25, 0.3) is 0 Å². The van der Waals surface area contributed by atoms with Crippen LogP contribution in [0.15, 0.2) is 18.2 Å². The molecule has 0 aromatic heterocycles. The molecule has 2 atom stereocenters. The Morgan fingerprint density at radius 1 is 1.32 bits per heavy atom. The Kier molecular flexibility index (Phi) is 3.93. The summed E-state index contributed by atoms with van der Waals surface area (Å²) >= 11 is 0. The number of methoxy groups -OCH3 is 1. The van der Waals surface area contributed by atoms with E-state index in [1.54, 1.807) is 12.1 Å². The fourth-order valence-corrected chi connectivity index (χ4v) is 2.90. The first-order valence-corrected chi connectivity index (χ1v) is 6.58. The van der Waals surface area contributed by atoms with Crippen LogP contribution in [-0.2, 0) is 0 Å². The van der Waals surface area contributed by atoms with Gasteiger partial charge in [0.1, 0.15) is 11.4 Å². The van der Waals surface area contributed by atoms with Gasteiger partial charge in [-0.05, 0) is 30.4 Å². The molecule has 1 aromatic carbocycles. The van der Waals surface area contributed by atoms with Crippen LogP contribution in [0.3, 0.4) is 0 Å². The smallest absolute Gasteiger partial charge is 0.296 e. The topological polar surface area (TPSA) is 55.6 Å². The molecule has 1 aliphatic heterocycles. The maximum atomic E-state index is 11.2. The first-order valence-electron chi connectivity index (χ1n) is 6.58. The lowest BCUT2D eigenvalue weighted by atomic mass is 9.91. The van der Waals surface area contributed by atoms with Crippen LogP contribution < -0.4 is 9.64 Å².